The van der Waals surface area contributed by atoms with Crippen LogP contribution < -0.4 is 4.18 Å². The zero-order chi connectivity index (χ0) is 12.3. The van der Waals surface area contributed by atoms with Crippen LogP contribution in [0.3, 0.4) is 0 Å². The van der Waals surface area contributed by atoms with Gasteiger partial charge in [-0.05, 0) is 36.4 Å². The molecule has 0 spiro atoms. The lowest BCUT2D eigenvalue weighted by molar-refractivity contribution is 0.486. The lowest BCUT2D eigenvalue weighted by atomic mass is 10.3. The van der Waals surface area contributed by atoms with E-state index < -0.39 is 10.1 Å². The topological polar surface area (TPSA) is 43.4 Å². The monoisotopic (exact) mass is 266 g/mol. The van der Waals surface area contributed by atoms with Gasteiger partial charge in [-0.3, -0.25) is 0 Å². The average Bonchev–Trinajstić information content (AvgIpc) is 2.33. The second-order valence-corrected chi connectivity index (χ2v) is 5.41. The van der Waals surface area contributed by atoms with Crippen LogP contribution in [-0.2, 0) is 10.1 Å². The van der Waals surface area contributed by atoms with Gasteiger partial charge >= 0.3 is 10.1 Å². The van der Waals surface area contributed by atoms with E-state index in [9.17, 15) is 8.42 Å². The number of thiol groups is 1. The Hall–Kier alpha value is -1.46. The molecule has 3 nitrogen and oxygen atoms in total. The van der Waals surface area contributed by atoms with Gasteiger partial charge in [0.25, 0.3) is 0 Å². The highest BCUT2D eigenvalue weighted by Gasteiger charge is 2.15. The van der Waals surface area contributed by atoms with Crippen molar-refractivity contribution in [1.82, 2.24) is 0 Å². The summed E-state index contributed by atoms with van der Waals surface area (Å²) in [4.78, 5) is 0.879. The van der Waals surface area contributed by atoms with Crippen LogP contribution in [-0.4, -0.2) is 8.42 Å². The van der Waals surface area contributed by atoms with Gasteiger partial charge in [0.05, 0.1) is 0 Å². The van der Waals surface area contributed by atoms with Crippen LogP contribution in [0.2, 0.25) is 0 Å². The quantitative estimate of drug-likeness (QED) is 0.686. The molecule has 0 heterocycles. The summed E-state index contributed by atoms with van der Waals surface area (Å²) in [5, 5.41) is 0. The zero-order valence-corrected chi connectivity index (χ0v) is 10.5. The highest BCUT2D eigenvalue weighted by Crippen LogP contribution is 2.19. The van der Waals surface area contributed by atoms with Crippen LogP contribution >= 0.6 is 12.6 Å². The summed E-state index contributed by atoms with van der Waals surface area (Å²) < 4.78 is 28.7. The molecular weight excluding hydrogens is 256 g/mol. The van der Waals surface area contributed by atoms with Gasteiger partial charge in [-0.1, -0.05) is 18.2 Å². The molecule has 17 heavy (non-hydrogen) atoms. The minimum absolute atomic E-state index is 0.134. The molecule has 0 aliphatic rings. The Labute approximate surface area is 106 Å². The van der Waals surface area contributed by atoms with Crippen LogP contribution in [0.1, 0.15) is 0 Å². The molecule has 0 aliphatic heterocycles. The Morgan fingerprint density at radius 1 is 0.882 bits per heavy atom. The van der Waals surface area contributed by atoms with Crippen molar-refractivity contribution >= 4 is 22.7 Å². The van der Waals surface area contributed by atoms with Crippen LogP contribution in [0.15, 0.2) is 64.4 Å². The van der Waals surface area contributed by atoms with Crippen molar-refractivity contribution in [3.05, 3.63) is 54.6 Å². The van der Waals surface area contributed by atoms with E-state index >= 15 is 0 Å². The minimum Gasteiger partial charge on any atom is -0.379 e. The molecule has 0 radical (unpaired) electrons. The van der Waals surface area contributed by atoms with Crippen molar-refractivity contribution in [3.8, 4) is 5.75 Å². The third-order valence-electron chi connectivity index (χ3n) is 2.07. The Kier molecular flexibility index (Phi) is 3.40. The smallest absolute Gasteiger partial charge is 0.339 e. The summed E-state index contributed by atoms with van der Waals surface area (Å²) in [7, 11) is -3.75. The van der Waals surface area contributed by atoms with Crippen molar-refractivity contribution in [2.75, 3.05) is 0 Å². The van der Waals surface area contributed by atoms with Gasteiger partial charge in [-0.15, -0.1) is 12.6 Å². The molecule has 0 aromatic heterocycles. The zero-order valence-electron chi connectivity index (χ0n) is 8.78. The maximum Gasteiger partial charge on any atom is 0.339 e. The van der Waals surface area contributed by atoms with E-state index in [0.717, 1.165) is 4.90 Å². The predicted molar refractivity (Wildman–Crippen MR) is 67.9 cm³/mol. The Bertz CT molecular complexity index is 589. The molecule has 0 fully saturated rings. The highest BCUT2D eigenvalue weighted by atomic mass is 32.2. The van der Waals surface area contributed by atoms with Crippen molar-refractivity contribution in [2.24, 2.45) is 0 Å². The summed E-state index contributed by atoms with van der Waals surface area (Å²) in [6.45, 7) is 0. The van der Waals surface area contributed by atoms with E-state index in [1.54, 1.807) is 42.5 Å². The molecule has 0 amide bonds. The SMILES string of the molecule is O=S(=O)(Oc1ccc(S)cc1)c1ccccc1. The van der Waals surface area contributed by atoms with Crippen LogP contribution in [0, 0.1) is 0 Å². The largest absolute Gasteiger partial charge is 0.379 e. The molecule has 0 saturated carbocycles. The van der Waals surface area contributed by atoms with Crippen LogP contribution in [0.5, 0.6) is 5.75 Å². The van der Waals surface area contributed by atoms with Crippen LogP contribution in [0.4, 0.5) is 0 Å². The van der Waals surface area contributed by atoms with Gasteiger partial charge < -0.3 is 4.18 Å². The summed E-state index contributed by atoms with van der Waals surface area (Å²) in [6.07, 6.45) is 0. The first-order valence-corrected chi connectivity index (χ1v) is 6.72. The van der Waals surface area contributed by atoms with Gasteiger partial charge in [0, 0.05) is 4.90 Å². The Balaban J connectivity index is 2.27. The standard InChI is InChI=1S/C12H10O3S2/c13-17(14,12-4-2-1-3-5-12)15-10-6-8-11(16)9-7-10/h1-9,16H. The number of rotatable bonds is 3. The third kappa shape index (κ3) is 3.01. The fourth-order valence-electron chi connectivity index (χ4n) is 1.26. The Morgan fingerprint density at radius 3 is 2.06 bits per heavy atom. The number of benzene rings is 2. The van der Waals surface area contributed by atoms with Crippen molar-refractivity contribution in [1.29, 1.82) is 0 Å². The molecule has 2 aromatic rings. The minimum atomic E-state index is -3.75. The molecule has 0 saturated heterocycles. The maximum absolute atomic E-state index is 11.8. The molecule has 2 rings (SSSR count). The molecule has 0 bridgehead atoms. The van der Waals surface area contributed by atoms with Crippen LogP contribution in [0.25, 0.3) is 0 Å². The molecule has 0 N–H and O–H groups in total. The summed E-state index contributed by atoms with van der Waals surface area (Å²) in [6, 6.07) is 14.5. The summed E-state index contributed by atoms with van der Waals surface area (Å²) >= 11 is 4.11. The molecular formula is C12H10O3S2. The summed E-state index contributed by atoms with van der Waals surface area (Å²) in [5.41, 5.74) is 0. The molecule has 0 atom stereocenters. The van der Waals surface area contributed by atoms with Crippen molar-refractivity contribution < 1.29 is 12.6 Å². The van der Waals surface area contributed by atoms with E-state index in [0.29, 0.717) is 0 Å². The van der Waals surface area contributed by atoms with Crippen molar-refractivity contribution in [2.45, 2.75) is 9.79 Å². The molecule has 0 unspecified atom stereocenters. The maximum atomic E-state index is 11.8. The summed E-state index contributed by atoms with van der Waals surface area (Å²) in [5.74, 6) is 0.270. The molecule has 88 valence electrons. The second-order valence-electron chi connectivity index (χ2n) is 3.34. The molecule has 2 aromatic carbocycles. The fourth-order valence-corrected chi connectivity index (χ4v) is 2.36. The lowest BCUT2D eigenvalue weighted by Gasteiger charge is -2.06. The fraction of sp³-hybridized carbons (Fsp3) is 0. The van der Waals surface area contributed by atoms with E-state index in [1.165, 1.54) is 12.1 Å². The molecule has 5 heteroatoms. The van der Waals surface area contributed by atoms with Gasteiger partial charge in [0.15, 0.2) is 0 Å². The van der Waals surface area contributed by atoms with Gasteiger partial charge in [-0.25, -0.2) is 0 Å². The van der Waals surface area contributed by atoms with Gasteiger partial charge in [0.1, 0.15) is 10.6 Å². The predicted octanol–water partition coefficient (Wildman–Crippen LogP) is 2.74. The van der Waals surface area contributed by atoms with Gasteiger partial charge in [0.2, 0.25) is 0 Å². The van der Waals surface area contributed by atoms with E-state index in [1.807, 2.05) is 0 Å². The van der Waals surface area contributed by atoms with E-state index in [-0.39, 0.29) is 10.6 Å². The number of hydrogen-bond acceptors (Lipinski definition) is 4. The lowest BCUT2D eigenvalue weighted by Crippen LogP contribution is -2.09. The molecule has 0 aliphatic carbocycles. The van der Waals surface area contributed by atoms with Crippen molar-refractivity contribution in [3.63, 3.8) is 0 Å². The highest BCUT2D eigenvalue weighted by molar-refractivity contribution is 7.87. The number of hydrogen-bond donors (Lipinski definition) is 1. The average molecular weight is 266 g/mol. The Morgan fingerprint density at radius 2 is 1.47 bits per heavy atom. The second kappa shape index (κ2) is 4.81. The van der Waals surface area contributed by atoms with E-state index in [4.69, 9.17) is 4.18 Å². The van der Waals surface area contributed by atoms with Gasteiger partial charge in [-0.2, -0.15) is 8.42 Å². The normalized spacial score (nSPS) is 11.1. The first-order valence-electron chi connectivity index (χ1n) is 4.86. The first kappa shape index (κ1) is 12.0. The third-order valence-corrected chi connectivity index (χ3v) is 3.63. The first-order chi connectivity index (χ1) is 8.08. The van der Waals surface area contributed by atoms with E-state index in [2.05, 4.69) is 12.6 Å².